The van der Waals surface area contributed by atoms with Gasteiger partial charge in [-0.1, -0.05) is 6.92 Å². The van der Waals surface area contributed by atoms with E-state index in [0.717, 1.165) is 38.6 Å². The number of aliphatic hydroxyl groups excluding tert-OH is 1. The predicted molar refractivity (Wildman–Crippen MR) is 59.4 cm³/mol. The largest absolute Gasteiger partial charge is 0.392 e. The van der Waals surface area contributed by atoms with Crippen molar-refractivity contribution in [3.05, 3.63) is 0 Å². The number of piperidine rings is 1. The molecule has 1 saturated heterocycles. The summed E-state index contributed by atoms with van der Waals surface area (Å²) in [5.41, 5.74) is 0. The Morgan fingerprint density at radius 3 is 2.57 bits per heavy atom. The smallest absolute Gasteiger partial charge is 0.0639 e. The Labute approximate surface area is 87.5 Å². The van der Waals surface area contributed by atoms with E-state index in [9.17, 15) is 5.11 Å². The molecule has 1 rings (SSSR count). The Kier molecular flexibility index (Phi) is 5.45. The van der Waals surface area contributed by atoms with E-state index in [1.165, 1.54) is 12.8 Å². The van der Waals surface area contributed by atoms with Crippen molar-refractivity contribution in [3.63, 3.8) is 0 Å². The van der Waals surface area contributed by atoms with Gasteiger partial charge in [0, 0.05) is 13.1 Å². The maximum absolute atomic E-state index is 9.33. The highest BCUT2D eigenvalue weighted by atomic mass is 16.3. The summed E-state index contributed by atoms with van der Waals surface area (Å²) < 4.78 is 0. The molecule has 1 heterocycles. The highest BCUT2D eigenvalue weighted by Gasteiger charge is 2.16. The van der Waals surface area contributed by atoms with E-state index in [1.54, 1.807) is 0 Å². The molecule has 3 heteroatoms. The van der Waals surface area contributed by atoms with Gasteiger partial charge in [-0.25, -0.2) is 0 Å². The minimum Gasteiger partial charge on any atom is -0.392 e. The summed E-state index contributed by atoms with van der Waals surface area (Å²) in [6.45, 7) is 9.39. The van der Waals surface area contributed by atoms with Crippen LogP contribution in [-0.4, -0.2) is 48.8 Å². The molecular weight excluding hydrogens is 176 g/mol. The zero-order valence-electron chi connectivity index (χ0n) is 9.50. The molecule has 14 heavy (non-hydrogen) atoms. The molecule has 0 aromatic heterocycles. The van der Waals surface area contributed by atoms with Crippen molar-refractivity contribution >= 4 is 0 Å². The van der Waals surface area contributed by atoms with Crippen LogP contribution < -0.4 is 5.32 Å². The minimum absolute atomic E-state index is 0.198. The molecule has 0 radical (unpaired) electrons. The molecule has 0 aromatic carbocycles. The molecule has 3 nitrogen and oxygen atoms in total. The number of likely N-dealkylation sites (N-methyl/N-ethyl adjacent to an activating group) is 1. The van der Waals surface area contributed by atoms with Crippen molar-refractivity contribution in [2.75, 3.05) is 32.7 Å². The SMILES string of the molecule is CCN(CC(C)O)CC1CCNCC1. The van der Waals surface area contributed by atoms with Gasteiger partial charge in [-0.15, -0.1) is 0 Å². The third-order valence-corrected chi connectivity index (χ3v) is 2.94. The molecule has 1 aliphatic rings. The van der Waals surface area contributed by atoms with E-state index in [1.807, 2.05) is 6.92 Å². The maximum atomic E-state index is 9.33. The average molecular weight is 200 g/mol. The van der Waals surface area contributed by atoms with Gasteiger partial charge in [0.1, 0.15) is 0 Å². The van der Waals surface area contributed by atoms with Crippen molar-refractivity contribution in [1.82, 2.24) is 10.2 Å². The molecule has 0 amide bonds. The quantitative estimate of drug-likeness (QED) is 0.685. The lowest BCUT2D eigenvalue weighted by molar-refractivity contribution is 0.114. The van der Waals surface area contributed by atoms with Crippen molar-refractivity contribution in [2.45, 2.75) is 32.8 Å². The molecule has 84 valence electrons. The van der Waals surface area contributed by atoms with E-state index in [0.29, 0.717) is 0 Å². The Bertz CT molecular complexity index is 144. The Morgan fingerprint density at radius 2 is 2.07 bits per heavy atom. The highest BCUT2D eigenvalue weighted by Crippen LogP contribution is 2.13. The van der Waals surface area contributed by atoms with Gasteiger partial charge in [0.25, 0.3) is 0 Å². The fourth-order valence-electron chi connectivity index (χ4n) is 2.14. The second-order valence-corrected chi connectivity index (χ2v) is 4.39. The van der Waals surface area contributed by atoms with E-state index in [-0.39, 0.29) is 6.10 Å². The number of hydrogen-bond donors (Lipinski definition) is 2. The summed E-state index contributed by atoms with van der Waals surface area (Å²) in [5.74, 6) is 0.829. The monoisotopic (exact) mass is 200 g/mol. The summed E-state index contributed by atoms with van der Waals surface area (Å²) in [6, 6.07) is 0. The van der Waals surface area contributed by atoms with E-state index >= 15 is 0 Å². The molecular formula is C11H24N2O. The summed E-state index contributed by atoms with van der Waals surface area (Å²) in [5, 5.41) is 12.7. The Hall–Kier alpha value is -0.120. The fourth-order valence-corrected chi connectivity index (χ4v) is 2.14. The minimum atomic E-state index is -0.198. The first-order valence-electron chi connectivity index (χ1n) is 5.83. The maximum Gasteiger partial charge on any atom is 0.0639 e. The lowest BCUT2D eigenvalue weighted by Gasteiger charge is -2.29. The van der Waals surface area contributed by atoms with Crippen LogP contribution in [0.2, 0.25) is 0 Å². The van der Waals surface area contributed by atoms with Crippen LogP contribution in [0.15, 0.2) is 0 Å². The molecule has 0 saturated carbocycles. The average Bonchev–Trinajstić information content (AvgIpc) is 2.17. The van der Waals surface area contributed by atoms with Gasteiger partial charge >= 0.3 is 0 Å². The molecule has 0 spiro atoms. The highest BCUT2D eigenvalue weighted by molar-refractivity contribution is 4.72. The zero-order chi connectivity index (χ0) is 10.4. The van der Waals surface area contributed by atoms with Gasteiger partial charge < -0.3 is 15.3 Å². The second-order valence-electron chi connectivity index (χ2n) is 4.39. The molecule has 1 aliphatic heterocycles. The number of nitrogens with one attached hydrogen (secondary N) is 1. The van der Waals surface area contributed by atoms with Crippen LogP contribution in [0.4, 0.5) is 0 Å². The van der Waals surface area contributed by atoms with Gasteiger partial charge in [-0.3, -0.25) is 0 Å². The van der Waals surface area contributed by atoms with Crippen molar-refractivity contribution < 1.29 is 5.11 Å². The molecule has 1 atom stereocenters. The van der Waals surface area contributed by atoms with E-state index in [2.05, 4.69) is 17.1 Å². The van der Waals surface area contributed by atoms with Crippen LogP contribution in [0, 0.1) is 5.92 Å². The van der Waals surface area contributed by atoms with Crippen LogP contribution in [0.5, 0.6) is 0 Å². The topological polar surface area (TPSA) is 35.5 Å². The number of aliphatic hydroxyl groups is 1. The van der Waals surface area contributed by atoms with Gasteiger partial charge in [0.15, 0.2) is 0 Å². The molecule has 1 fully saturated rings. The number of hydrogen-bond acceptors (Lipinski definition) is 3. The Morgan fingerprint density at radius 1 is 1.43 bits per heavy atom. The first-order valence-corrected chi connectivity index (χ1v) is 5.83. The van der Waals surface area contributed by atoms with Crippen molar-refractivity contribution in [3.8, 4) is 0 Å². The zero-order valence-corrected chi connectivity index (χ0v) is 9.50. The number of rotatable bonds is 5. The van der Waals surface area contributed by atoms with E-state index in [4.69, 9.17) is 0 Å². The van der Waals surface area contributed by atoms with Gasteiger partial charge in [0.05, 0.1) is 6.10 Å². The fraction of sp³-hybridized carbons (Fsp3) is 1.00. The van der Waals surface area contributed by atoms with Crippen LogP contribution in [0.3, 0.4) is 0 Å². The van der Waals surface area contributed by atoms with Gasteiger partial charge in [0.2, 0.25) is 0 Å². The first kappa shape index (κ1) is 12.0. The second kappa shape index (κ2) is 6.38. The summed E-state index contributed by atoms with van der Waals surface area (Å²) >= 11 is 0. The number of nitrogens with zero attached hydrogens (tertiary/aromatic N) is 1. The van der Waals surface area contributed by atoms with Gasteiger partial charge in [-0.2, -0.15) is 0 Å². The van der Waals surface area contributed by atoms with Crippen molar-refractivity contribution in [1.29, 1.82) is 0 Å². The molecule has 0 aromatic rings. The third-order valence-electron chi connectivity index (χ3n) is 2.94. The van der Waals surface area contributed by atoms with Crippen LogP contribution in [-0.2, 0) is 0 Å². The van der Waals surface area contributed by atoms with Crippen LogP contribution in [0.1, 0.15) is 26.7 Å². The summed E-state index contributed by atoms with van der Waals surface area (Å²) in [7, 11) is 0. The van der Waals surface area contributed by atoms with Crippen LogP contribution >= 0.6 is 0 Å². The molecule has 1 unspecified atom stereocenters. The lowest BCUT2D eigenvalue weighted by Crippen LogP contribution is -2.38. The molecule has 2 N–H and O–H groups in total. The van der Waals surface area contributed by atoms with Gasteiger partial charge in [-0.05, 0) is 45.3 Å². The molecule has 0 bridgehead atoms. The van der Waals surface area contributed by atoms with Crippen LogP contribution in [0.25, 0.3) is 0 Å². The van der Waals surface area contributed by atoms with Crippen molar-refractivity contribution in [2.24, 2.45) is 5.92 Å². The summed E-state index contributed by atoms with van der Waals surface area (Å²) in [4.78, 5) is 2.36. The lowest BCUT2D eigenvalue weighted by atomic mass is 9.97. The molecule has 0 aliphatic carbocycles. The Balaban J connectivity index is 2.23. The van der Waals surface area contributed by atoms with E-state index < -0.39 is 0 Å². The normalized spacial score (nSPS) is 21.4. The third kappa shape index (κ3) is 4.40. The predicted octanol–water partition coefficient (Wildman–Crippen LogP) is 0.689. The summed E-state index contributed by atoms with van der Waals surface area (Å²) in [6.07, 6.45) is 2.38. The first-order chi connectivity index (χ1) is 6.72. The standard InChI is InChI=1S/C11H24N2O/c1-3-13(8-10(2)14)9-11-4-6-12-7-5-11/h10-12,14H,3-9H2,1-2H3.